The van der Waals surface area contributed by atoms with Crippen LogP contribution < -0.4 is 5.32 Å². The molecule has 0 radical (unpaired) electrons. The number of carbonyl (C=O) groups excluding carboxylic acids is 1. The zero-order chi connectivity index (χ0) is 17.1. The molecule has 0 atom stereocenters. The van der Waals surface area contributed by atoms with E-state index in [0.29, 0.717) is 12.1 Å². The van der Waals surface area contributed by atoms with Gasteiger partial charge in [-0.05, 0) is 47.5 Å². The van der Waals surface area contributed by atoms with Crippen LogP contribution in [-0.2, 0) is 13.1 Å². The highest BCUT2D eigenvalue weighted by molar-refractivity contribution is 9.10. The van der Waals surface area contributed by atoms with Gasteiger partial charge in [0, 0.05) is 24.1 Å². The molecule has 3 aromatic rings. The van der Waals surface area contributed by atoms with E-state index in [2.05, 4.69) is 31.4 Å². The van der Waals surface area contributed by atoms with E-state index in [4.69, 9.17) is 0 Å². The molecule has 0 fully saturated rings. The van der Waals surface area contributed by atoms with Crippen molar-refractivity contribution in [1.29, 1.82) is 0 Å². The minimum atomic E-state index is -0.147. The topological polar surface area (TPSA) is 64.7 Å². The number of amides is 1. The standard InChI is InChI=1S/C17H18BrN5O/c1-3-23-12(2)16(9-20-23)17(24)21-15-6-4-5-13(7-15)10-22-11-14(18)8-19-22/h4-9,11H,3,10H2,1-2H3,(H,21,24). The van der Waals surface area contributed by atoms with Gasteiger partial charge in [-0.15, -0.1) is 0 Å². The fraction of sp³-hybridized carbons (Fsp3) is 0.235. The lowest BCUT2D eigenvalue weighted by molar-refractivity contribution is 0.102. The van der Waals surface area contributed by atoms with Crippen molar-refractivity contribution in [3.8, 4) is 0 Å². The smallest absolute Gasteiger partial charge is 0.259 e. The van der Waals surface area contributed by atoms with Gasteiger partial charge in [0.05, 0.1) is 29.0 Å². The van der Waals surface area contributed by atoms with E-state index in [1.165, 1.54) is 0 Å². The molecule has 0 aliphatic rings. The Morgan fingerprint density at radius 1 is 1.29 bits per heavy atom. The first-order valence-corrected chi connectivity index (χ1v) is 8.46. The summed E-state index contributed by atoms with van der Waals surface area (Å²) in [6.07, 6.45) is 5.27. The summed E-state index contributed by atoms with van der Waals surface area (Å²) in [7, 11) is 0. The van der Waals surface area contributed by atoms with Gasteiger partial charge in [0.2, 0.25) is 0 Å². The first-order chi connectivity index (χ1) is 11.6. The molecule has 0 unspecified atom stereocenters. The maximum atomic E-state index is 12.4. The molecule has 7 heteroatoms. The van der Waals surface area contributed by atoms with E-state index in [9.17, 15) is 4.79 Å². The van der Waals surface area contributed by atoms with Crippen LogP contribution in [0.1, 0.15) is 28.5 Å². The number of anilines is 1. The molecule has 2 heterocycles. The number of carbonyl (C=O) groups is 1. The van der Waals surface area contributed by atoms with E-state index in [0.717, 1.165) is 28.0 Å². The summed E-state index contributed by atoms with van der Waals surface area (Å²) < 4.78 is 4.58. The van der Waals surface area contributed by atoms with Crippen LogP contribution in [0.4, 0.5) is 5.69 Å². The first-order valence-electron chi connectivity index (χ1n) is 7.67. The Labute approximate surface area is 148 Å². The highest BCUT2D eigenvalue weighted by Gasteiger charge is 2.13. The van der Waals surface area contributed by atoms with E-state index < -0.39 is 0 Å². The predicted molar refractivity (Wildman–Crippen MR) is 96.1 cm³/mol. The average molecular weight is 388 g/mol. The number of hydrogen-bond acceptors (Lipinski definition) is 3. The third-order valence-corrected chi connectivity index (χ3v) is 4.19. The fourth-order valence-corrected chi connectivity index (χ4v) is 2.87. The van der Waals surface area contributed by atoms with Crippen molar-refractivity contribution in [1.82, 2.24) is 19.6 Å². The fourth-order valence-electron chi connectivity index (χ4n) is 2.55. The Morgan fingerprint density at radius 2 is 2.12 bits per heavy atom. The molecule has 124 valence electrons. The molecule has 3 rings (SSSR count). The predicted octanol–water partition coefficient (Wildman–Crippen LogP) is 3.47. The molecule has 6 nitrogen and oxygen atoms in total. The zero-order valence-electron chi connectivity index (χ0n) is 13.5. The number of hydrogen-bond donors (Lipinski definition) is 1. The number of aryl methyl sites for hydroxylation is 1. The van der Waals surface area contributed by atoms with Crippen molar-refractivity contribution in [3.05, 3.63) is 64.1 Å². The van der Waals surface area contributed by atoms with Gasteiger partial charge >= 0.3 is 0 Å². The quantitative estimate of drug-likeness (QED) is 0.728. The van der Waals surface area contributed by atoms with E-state index in [1.54, 1.807) is 17.1 Å². The van der Waals surface area contributed by atoms with Crippen LogP contribution in [0.5, 0.6) is 0 Å². The maximum absolute atomic E-state index is 12.4. The second kappa shape index (κ2) is 7.00. The normalized spacial score (nSPS) is 10.8. The van der Waals surface area contributed by atoms with Gasteiger partial charge < -0.3 is 5.32 Å². The SMILES string of the molecule is CCn1ncc(C(=O)Nc2cccc(Cn3cc(Br)cn3)c2)c1C. The first kappa shape index (κ1) is 16.4. The molecule has 0 aliphatic carbocycles. The highest BCUT2D eigenvalue weighted by Crippen LogP contribution is 2.16. The summed E-state index contributed by atoms with van der Waals surface area (Å²) in [5, 5.41) is 11.4. The molecule has 2 aromatic heterocycles. The zero-order valence-corrected chi connectivity index (χ0v) is 15.1. The number of benzene rings is 1. The molecule has 0 aliphatic heterocycles. The van der Waals surface area contributed by atoms with Crippen molar-refractivity contribution in [2.45, 2.75) is 26.9 Å². The number of nitrogens with zero attached hydrogens (tertiary/aromatic N) is 4. The molecule has 24 heavy (non-hydrogen) atoms. The molecule has 1 aromatic carbocycles. The van der Waals surface area contributed by atoms with Gasteiger partial charge in [0.25, 0.3) is 5.91 Å². The van der Waals surface area contributed by atoms with E-state index in [-0.39, 0.29) is 5.91 Å². The summed E-state index contributed by atoms with van der Waals surface area (Å²) in [4.78, 5) is 12.4. The van der Waals surface area contributed by atoms with Crippen molar-refractivity contribution in [2.75, 3.05) is 5.32 Å². The lowest BCUT2D eigenvalue weighted by Gasteiger charge is -2.08. The molecule has 1 N–H and O–H groups in total. The van der Waals surface area contributed by atoms with Gasteiger partial charge in [-0.3, -0.25) is 14.2 Å². The summed E-state index contributed by atoms with van der Waals surface area (Å²) in [6.45, 7) is 5.28. The Morgan fingerprint density at radius 3 is 2.79 bits per heavy atom. The van der Waals surface area contributed by atoms with Gasteiger partial charge in [-0.2, -0.15) is 10.2 Å². The van der Waals surface area contributed by atoms with Crippen LogP contribution in [0, 0.1) is 6.92 Å². The van der Waals surface area contributed by atoms with Crippen molar-refractivity contribution in [2.24, 2.45) is 0 Å². The lowest BCUT2D eigenvalue weighted by atomic mass is 10.2. The van der Waals surface area contributed by atoms with Crippen molar-refractivity contribution < 1.29 is 4.79 Å². The highest BCUT2D eigenvalue weighted by atomic mass is 79.9. The van der Waals surface area contributed by atoms with Crippen LogP contribution in [-0.4, -0.2) is 25.5 Å². The number of aromatic nitrogens is 4. The second-order valence-electron chi connectivity index (χ2n) is 5.47. The van der Waals surface area contributed by atoms with Crippen molar-refractivity contribution >= 4 is 27.5 Å². The molecule has 0 saturated carbocycles. The second-order valence-corrected chi connectivity index (χ2v) is 6.39. The third kappa shape index (κ3) is 3.56. The van der Waals surface area contributed by atoms with Crippen LogP contribution in [0.15, 0.2) is 47.3 Å². The van der Waals surface area contributed by atoms with Gasteiger partial charge in [0.15, 0.2) is 0 Å². The van der Waals surface area contributed by atoms with Gasteiger partial charge in [0.1, 0.15) is 0 Å². The average Bonchev–Trinajstić information content (AvgIpc) is 3.13. The largest absolute Gasteiger partial charge is 0.322 e. The Balaban J connectivity index is 1.74. The molecular weight excluding hydrogens is 370 g/mol. The van der Waals surface area contributed by atoms with Crippen LogP contribution >= 0.6 is 15.9 Å². The van der Waals surface area contributed by atoms with E-state index >= 15 is 0 Å². The molecule has 0 spiro atoms. The molecule has 0 saturated heterocycles. The summed E-state index contributed by atoms with van der Waals surface area (Å²) >= 11 is 3.38. The Bertz CT molecular complexity index is 868. The third-order valence-electron chi connectivity index (χ3n) is 3.78. The Hall–Kier alpha value is -2.41. The minimum Gasteiger partial charge on any atom is -0.322 e. The van der Waals surface area contributed by atoms with Crippen molar-refractivity contribution in [3.63, 3.8) is 0 Å². The summed E-state index contributed by atoms with van der Waals surface area (Å²) in [6, 6.07) is 7.75. The number of halogens is 1. The summed E-state index contributed by atoms with van der Waals surface area (Å²) in [5.74, 6) is -0.147. The van der Waals surface area contributed by atoms with E-state index in [1.807, 2.05) is 49.0 Å². The molecule has 0 bridgehead atoms. The maximum Gasteiger partial charge on any atom is 0.259 e. The minimum absolute atomic E-state index is 0.147. The summed E-state index contributed by atoms with van der Waals surface area (Å²) in [5.41, 5.74) is 3.28. The van der Waals surface area contributed by atoms with Crippen LogP contribution in [0.25, 0.3) is 0 Å². The van der Waals surface area contributed by atoms with Crippen LogP contribution in [0.2, 0.25) is 0 Å². The number of nitrogens with one attached hydrogen (secondary N) is 1. The lowest BCUT2D eigenvalue weighted by Crippen LogP contribution is -2.13. The van der Waals surface area contributed by atoms with Gasteiger partial charge in [-0.25, -0.2) is 0 Å². The van der Waals surface area contributed by atoms with Gasteiger partial charge in [-0.1, -0.05) is 12.1 Å². The monoisotopic (exact) mass is 387 g/mol. The molecule has 1 amide bonds. The number of rotatable bonds is 5. The van der Waals surface area contributed by atoms with Crippen LogP contribution in [0.3, 0.4) is 0 Å². The molecular formula is C17H18BrN5O. The Kier molecular flexibility index (Phi) is 4.80.